The number of hydrogen-bond donors (Lipinski definition) is 0. The van der Waals surface area contributed by atoms with E-state index in [-0.39, 0.29) is 5.41 Å². The van der Waals surface area contributed by atoms with Gasteiger partial charge in [-0.05, 0) is 107 Å². The van der Waals surface area contributed by atoms with Crippen LogP contribution in [0.3, 0.4) is 0 Å². The van der Waals surface area contributed by atoms with E-state index in [0.717, 1.165) is 27.7 Å². The van der Waals surface area contributed by atoms with Crippen LogP contribution in [0.25, 0.3) is 98.8 Å². The predicted octanol–water partition coefficient (Wildman–Crippen LogP) is 15.0. The average molecular weight is 679 g/mol. The predicted molar refractivity (Wildman–Crippen MR) is 227 cm³/mol. The van der Waals surface area contributed by atoms with Crippen LogP contribution in [0, 0.1) is 0 Å². The first kappa shape index (κ1) is 31.3. The van der Waals surface area contributed by atoms with Crippen LogP contribution in [-0.2, 0) is 5.41 Å². The van der Waals surface area contributed by atoms with Crippen molar-refractivity contribution >= 4 is 54.3 Å². The van der Waals surface area contributed by atoms with Crippen LogP contribution in [0.2, 0.25) is 0 Å². The smallest absolute Gasteiger partial charge is 0.143 e. The minimum Gasteiger partial charge on any atom is -0.455 e. The molecular weight excluding hydrogens is 641 g/mol. The van der Waals surface area contributed by atoms with Gasteiger partial charge < -0.3 is 4.42 Å². The van der Waals surface area contributed by atoms with Gasteiger partial charge in [0.25, 0.3) is 0 Å². The molecule has 0 N–H and O–H groups in total. The molecule has 0 fully saturated rings. The van der Waals surface area contributed by atoms with Crippen molar-refractivity contribution in [3.8, 4) is 44.5 Å². The molecule has 0 unspecified atom stereocenters. The van der Waals surface area contributed by atoms with Gasteiger partial charge >= 0.3 is 0 Å². The Balaban J connectivity index is 1.24. The summed E-state index contributed by atoms with van der Waals surface area (Å²) in [5.74, 6) is 0. The molecule has 0 saturated heterocycles. The van der Waals surface area contributed by atoms with Gasteiger partial charge in [0.1, 0.15) is 11.2 Å². The van der Waals surface area contributed by atoms with E-state index in [9.17, 15) is 0 Å². The van der Waals surface area contributed by atoms with Gasteiger partial charge in [0.05, 0.1) is 0 Å². The first-order chi connectivity index (χ1) is 25.9. The summed E-state index contributed by atoms with van der Waals surface area (Å²) in [7, 11) is 0. The highest BCUT2D eigenvalue weighted by molar-refractivity contribution is 6.24. The molecule has 1 heterocycles. The molecule has 0 saturated carbocycles. The molecule has 0 radical (unpaired) electrons. The van der Waals surface area contributed by atoms with E-state index in [4.69, 9.17) is 4.42 Å². The molecule has 10 aromatic rings. The summed E-state index contributed by atoms with van der Waals surface area (Å²) in [6, 6.07) is 64.1. The minimum absolute atomic E-state index is 0.0177. The van der Waals surface area contributed by atoms with Gasteiger partial charge in [-0.3, -0.25) is 0 Å². The molecule has 0 bridgehead atoms. The molecule has 0 amide bonds. The highest BCUT2D eigenvalue weighted by Crippen LogP contribution is 2.46. The first-order valence-corrected chi connectivity index (χ1v) is 18.5. The maximum atomic E-state index is 6.74. The van der Waals surface area contributed by atoms with Crippen LogP contribution in [0.4, 0.5) is 0 Å². The summed E-state index contributed by atoms with van der Waals surface area (Å²) in [6.45, 7) is 6.90. The molecule has 9 aromatic carbocycles. The van der Waals surface area contributed by atoms with Crippen LogP contribution < -0.4 is 0 Å². The van der Waals surface area contributed by atoms with Crippen molar-refractivity contribution in [1.82, 2.24) is 0 Å². The number of furan rings is 1. The second-order valence-electron chi connectivity index (χ2n) is 15.2. The summed E-state index contributed by atoms with van der Waals surface area (Å²) in [4.78, 5) is 0. The lowest BCUT2D eigenvalue weighted by Crippen LogP contribution is -2.11. The van der Waals surface area contributed by atoms with Crippen molar-refractivity contribution < 1.29 is 4.42 Å². The van der Waals surface area contributed by atoms with E-state index in [1.165, 1.54) is 76.6 Å². The van der Waals surface area contributed by atoms with Gasteiger partial charge in [-0.1, -0.05) is 172 Å². The molecule has 0 aliphatic carbocycles. The number of benzene rings is 9. The Kier molecular flexibility index (Phi) is 7.13. The zero-order valence-corrected chi connectivity index (χ0v) is 30.2. The molecule has 0 atom stereocenters. The van der Waals surface area contributed by atoms with Crippen molar-refractivity contribution in [2.45, 2.75) is 26.2 Å². The molecule has 1 heteroatoms. The van der Waals surface area contributed by atoms with Crippen LogP contribution in [0.1, 0.15) is 26.3 Å². The average Bonchev–Trinajstić information content (AvgIpc) is 3.59. The topological polar surface area (TPSA) is 13.1 Å². The second-order valence-corrected chi connectivity index (χ2v) is 15.2. The van der Waals surface area contributed by atoms with Crippen molar-refractivity contribution in [3.05, 3.63) is 181 Å². The Labute approximate surface area is 309 Å². The first-order valence-electron chi connectivity index (χ1n) is 18.5. The highest BCUT2D eigenvalue weighted by atomic mass is 16.3. The van der Waals surface area contributed by atoms with E-state index >= 15 is 0 Å². The minimum atomic E-state index is -0.0177. The molecular formula is C52H38O. The van der Waals surface area contributed by atoms with Gasteiger partial charge in [-0.2, -0.15) is 0 Å². The molecule has 0 aliphatic rings. The Morgan fingerprint density at radius 1 is 0.358 bits per heavy atom. The normalized spacial score (nSPS) is 12.1. The summed E-state index contributed by atoms with van der Waals surface area (Å²) in [6.07, 6.45) is 0. The summed E-state index contributed by atoms with van der Waals surface area (Å²) >= 11 is 0. The third-order valence-corrected chi connectivity index (χ3v) is 11.0. The lowest BCUT2D eigenvalue weighted by Gasteiger charge is -2.22. The zero-order valence-electron chi connectivity index (χ0n) is 30.2. The fourth-order valence-corrected chi connectivity index (χ4v) is 8.58. The standard InChI is InChI=1S/C52H38O/c1-52(2,3)46-26-15-25-40-44(46)32-43(51-50(40)42-24-12-13-27-47(42)53-51)37-21-14-20-35(30-37)36-28-29-41-45(31-36)49(34-18-8-5-9-19-34)39-23-11-10-22-38(39)48(41)33-16-6-4-7-17-33/h4-32H,1-3H3. The van der Waals surface area contributed by atoms with Gasteiger partial charge in [0.15, 0.2) is 0 Å². The number of para-hydroxylation sites is 1. The summed E-state index contributed by atoms with van der Waals surface area (Å²) in [5.41, 5.74) is 12.8. The molecule has 1 nitrogen and oxygen atoms in total. The number of rotatable bonds is 4. The Morgan fingerprint density at radius 2 is 0.887 bits per heavy atom. The van der Waals surface area contributed by atoms with Crippen molar-refractivity contribution in [2.75, 3.05) is 0 Å². The van der Waals surface area contributed by atoms with E-state index in [1.54, 1.807) is 0 Å². The van der Waals surface area contributed by atoms with Gasteiger partial charge in [-0.25, -0.2) is 0 Å². The van der Waals surface area contributed by atoms with Crippen LogP contribution in [0.15, 0.2) is 180 Å². The molecule has 0 spiro atoms. The number of fused-ring (bicyclic) bond motifs is 7. The zero-order chi connectivity index (χ0) is 35.7. The monoisotopic (exact) mass is 678 g/mol. The SMILES string of the molecule is CC(C)(C)c1cccc2c1cc(-c1cccc(-c3ccc4c(-c5ccccc5)c5ccccc5c(-c5ccccc5)c4c3)c1)c1oc3ccccc3c12. The van der Waals surface area contributed by atoms with Crippen molar-refractivity contribution in [1.29, 1.82) is 0 Å². The molecule has 53 heavy (non-hydrogen) atoms. The van der Waals surface area contributed by atoms with Crippen molar-refractivity contribution in [2.24, 2.45) is 0 Å². The summed E-state index contributed by atoms with van der Waals surface area (Å²) in [5, 5.41) is 9.87. The Bertz CT molecular complexity index is 3010. The van der Waals surface area contributed by atoms with Gasteiger partial charge in [-0.15, -0.1) is 0 Å². The molecule has 1 aromatic heterocycles. The third kappa shape index (κ3) is 5.07. The Hall–Kier alpha value is -6.44. The third-order valence-electron chi connectivity index (χ3n) is 11.0. The fourth-order valence-electron chi connectivity index (χ4n) is 8.58. The quantitative estimate of drug-likeness (QED) is 0.169. The molecule has 10 rings (SSSR count). The van der Waals surface area contributed by atoms with Gasteiger partial charge in [0.2, 0.25) is 0 Å². The highest BCUT2D eigenvalue weighted by Gasteiger charge is 2.23. The Morgan fingerprint density at radius 3 is 1.58 bits per heavy atom. The van der Waals surface area contributed by atoms with E-state index in [1.807, 2.05) is 0 Å². The van der Waals surface area contributed by atoms with Crippen LogP contribution in [0.5, 0.6) is 0 Å². The lowest BCUT2D eigenvalue weighted by atomic mass is 9.82. The lowest BCUT2D eigenvalue weighted by molar-refractivity contribution is 0.596. The van der Waals surface area contributed by atoms with Crippen LogP contribution in [-0.4, -0.2) is 0 Å². The summed E-state index contributed by atoms with van der Waals surface area (Å²) < 4.78 is 6.74. The van der Waals surface area contributed by atoms with Crippen molar-refractivity contribution in [3.63, 3.8) is 0 Å². The second kappa shape index (κ2) is 12.1. The van der Waals surface area contributed by atoms with E-state index in [2.05, 4.69) is 197 Å². The maximum Gasteiger partial charge on any atom is 0.143 e. The molecule has 252 valence electrons. The van der Waals surface area contributed by atoms with E-state index in [0.29, 0.717) is 0 Å². The van der Waals surface area contributed by atoms with Gasteiger partial charge in [0, 0.05) is 16.3 Å². The molecule has 0 aliphatic heterocycles. The number of hydrogen-bond acceptors (Lipinski definition) is 1. The maximum absolute atomic E-state index is 6.74. The largest absolute Gasteiger partial charge is 0.455 e. The fraction of sp³-hybridized carbons (Fsp3) is 0.0769. The van der Waals surface area contributed by atoms with E-state index < -0.39 is 0 Å². The van der Waals surface area contributed by atoms with Crippen LogP contribution >= 0.6 is 0 Å².